The SMILES string of the molecule is Cc1cc(C(=O)NCc2ccccc2S(=O)(=O)NC(C)(C)C)c2nc3n(c2n1)CCCCC3. The van der Waals surface area contributed by atoms with Crippen molar-refractivity contribution < 1.29 is 13.2 Å². The molecular formula is C24H31N5O3S. The number of amides is 1. The Kier molecular flexibility index (Phi) is 6.28. The van der Waals surface area contributed by atoms with Crippen LogP contribution in [0.25, 0.3) is 11.2 Å². The topological polar surface area (TPSA) is 106 Å². The van der Waals surface area contributed by atoms with Crippen molar-refractivity contribution in [3.05, 3.63) is 53.0 Å². The van der Waals surface area contributed by atoms with Crippen LogP contribution in [-0.4, -0.2) is 34.4 Å². The van der Waals surface area contributed by atoms with Crippen LogP contribution in [0.4, 0.5) is 0 Å². The number of hydrogen-bond acceptors (Lipinski definition) is 5. The predicted octanol–water partition coefficient (Wildman–Crippen LogP) is 3.47. The fourth-order valence-corrected chi connectivity index (χ4v) is 5.89. The van der Waals surface area contributed by atoms with Crippen molar-refractivity contribution in [1.82, 2.24) is 24.6 Å². The standard InChI is InChI=1S/C24H31N5O3S/c1-16-14-18(21-22(26-16)29-13-9-5-6-12-20(29)27-21)23(30)25-15-17-10-7-8-11-19(17)33(31,32)28-24(2,3)4/h7-8,10-11,14,28H,5-6,9,12-13,15H2,1-4H3,(H,25,30). The van der Waals surface area contributed by atoms with Crippen LogP contribution in [-0.2, 0) is 29.5 Å². The first kappa shape index (κ1) is 23.4. The zero-order valence-corrected chi connectivity index (χ0v) is 20.4. The monoisotopic (exact) mass is 469 g/mol. The Bertz CT molecular complexity index is 1310. The summed E-state index contributed by atoms with van der Waals surface area (Å²) in [6.07, 6.45) is 4.19. The Morgan fingerprint density at radius 2 is 1.88 bits per heavy atom. The van der Waals surface area contributed by atoms with E-state index in [1.54, 1.807) is 51.1 Å². The van der Waals surface area contributed by atoms with Gasteiger partial charge in [-0.2, -0.15) is 0 Å². The average Bonchev–Trinajstić information content (AvgIpc) is 2.91. The first-order valence-electron chi connectivity index (χ1n) is 11.3. The highest BCUT2D eigenvalue weighted by molar-refractivity contribution is 7.89. The van der Waals surface area contributed by atoms with Crippen molar-refractivity contribution in [3.8, 4) is 0 Å². The summed E-state index contributed by atoms with van der Waals surface area (Å²) in [6, 6.07) is 8.45. The Labute approximate surface area is 194 Å². The molecule has 0 saturated heterocycles. The lowest BCUT2D eigenvalue weighted by Gasteiger charge is -2.21. The fourth-order valence-electron chi connectivity index (χ4n) is 4.23. The molecule has 0 unspecified atom stereocenters. The molecule has 3 heterocycles. The van der Waals surface area contributed by atoms with Crippen LogP contribution in [0.2, 0.25) is 0 Å². The molecule has 0 spiro atoms. The van der Waals surface area contributed by atoms with E-state index in [4.69, 9.17) is 4.98 Å². The first-order chi connectivity index (χ1) is 15.5. The normalized spacial score (nSPS) is 14.7. The summed E-state index contributed by atoms with van der Waals surface area (Å²) in [6.45, 7) is 8.17. The quantitative estimate of drug-likeness (QED) is 0.595. The Balaban J connectivity index is 1.62. The minimum atomic E-state index is -3.74. The van der Waals surface area contributed by atoms with Gasteiger partial charge in [-0.3, -0.25) is 4.79 Å². The van der Waals surface area contributed by atoms with Gasteiger partial charge < -0.3 is 9.88 Å². The van der Waals surface area contributed by atoms with Gasteiger partial charge >= 0.3 is 0 Å². The van der Waals surface area contributed by atoms with Crippen molar-refractivity contribution in [2.24, 2.45) is 0 Å². The lowest BCUT2D eigenvalue weighted by molar-refractivity contribution is 0.0952. The molecule has 2 aromatic heterocycles. The lowest BCUT2D eigenvalue weighted by Crippen LogP contribution is -2.41. The number of pyridine rings is 1. The molecule has 33 heavy (non-hydrogen) atoms. The number of aromatic nitrogens is 3. The molecule has 176 valence electrons. The second-order valence-electron chi connectivity index (χ2n) is 9.62. The summed E-state index contributed by atoms with van der Waals surface area (Å²) in [5.74, 6) is 0.675. The minimum absolute atomic E-state index is 0.0799. The molecule has 1 aromatic carbocycles. The van der Waals surface area contributed by atoms with Crippen molar-refractivity contribution in [1.29, 1.82) is 0 Å². The Morgan fingerprint density at radius 1 is 1.12 bits per heavy atom. The highest BCUT2D eigenvalue weighted by Crippen LogP contribution is 2.24. The molecule has 1 amide bonds. The fraction of sp³-hybridized carbons (Fsp3) is 0.458. The Morgan fingerprint density at radius 3 is 2.64 bits per heavy atom. The molecule has 9 heteroatoms. The van der Waals surface area contributed by atoms with Gasteiger partial charge in [0.25, 0.3) is 5.91 Å². The third-order valence-electron chi connectivity index (χ3n) is 5.58. The van der Waals surface area contributed by atoms with Gasteiger partial charge in [-0.1, -0.05) is 24.6 Å². The number of carbonyl (C=O) groups is 1. The third-order valence-corrected chi connectivity index (χ3v) is 7.44. The largest absolute Gasteiger partial charge is 0.348 e. The van der Waals surface area contributed by atoms with Gasteiger partial charge in [0.2, 0.25) is 10.0 Å². The van der Waals surface area contributed by atoms with E-state index in [-0.39, 0.29) is 17.3 Å². The zero-order valence-electron chi connectivity index (χ0n) is 19.6. The number of rotatable bonds is 5. The molecule has 0 aliphatic carbocycles. The summed E-state index contributed by atoms with van der Waals surface area (Å²) in [4.78, 5) is 22.8. The summed E-state index contributed by atoms with van der Waals surface area (Å²) in [7, 11) is -3.74. The summed E-state index contributed by atoms with van der Waals surface area (Å²) >= 11 is 0. The van der Waals surface area contributed by atoms with Crippen molar-refractivity contribution in [2.75, 3.05) is 0 Å². The maximum atomic E-state index is 13.2. The number of benzene rings is 1. The third kappa shape index (κ3) is 5.09. The van der Waals surface area contributed by atoms with Crippen LogP contribution in [0.3, 0.4) is 0 Å². The van der Waals surface area contributed by atoms with Gasteiger partial charge in [-0.05, 0) is 58.2 Å². The number of nitrogens with one attached hydrogen (secondary N) is 2. The molecule has 1 aliphatic rings. The maximum Gasteiger partial charge on any atom is 0.253 e. The van der Waals surface area contributed by atoms with E-state index in [0.717, 1.165) is 49.4 Å². The van der Waals surface area contributed by atoms with E-state index in [1.165, 1.54) is 0 Å². The second kappa shape index (κ2) is 8.87. The van der Waals surface area contributed by atoms with Gasteiger partial charge in [0, 0.05) is 30.7 Å². The first-order valence-corrected chi connectivity index (χ1v) is 12.8. The van der Waals surface area contributed by atoms with E-state index in [0.29, 0.717) is 16.6 Å². The van der Waals surface area contributed by atoms with Crippen molar-refractivity contribution >= 4 is 27.1 Å². The van der Waals surface area contributed by atoms with Crippen LogP contribution in [0, 0.1) is 6.92 Å². The molecule has 4 rings (SSSR count). The number of nitrogens with zero attached hydrogens (tertiary/aromatic N) is 3. The van der Waals surface area contributed by atoms with Gasteiger partial charge in [-0.25, -0.2) is 23.1 Å². The van der Waals surface area contributed by atoms with Crippen LogP contribution in [0.1, 0.15) is 67.5 Å². The summed E-state index contributed by atoms with van der Waals surface area (Å²) in [5, 5.41) is 2.89. The number of hydrogen-bond donors (Lipinski definition) is 2. The number of carbonyl (C=O) groups excluding carboxylic acids is 1. The Hall–Kier alpha value is -2.78. The van der Waals surface area contributed by atoms with Gasteiger partial charge in [0.15, 0.2) is 5.65 Å². The number of fused-ring (bicyclic) bond motifs is 3. The molecule has 0 bridgehead atoms. The van der Waals surface area contributed by atoms with Crippen molar-refractivity contribution in [2.45, 2.75) is 76.9 Å². The molecule has 0 atom stereocenters. The second-order valence-corrected chi connectivity index (χ2v) is 11.3. The smallest absolute Gasteiger partial charge is 0.253 e. The predicted molar refractivity (Wildman–Crippen MR) is 128 cm³/mol. The van der Waals surface area contributed by atoms with Crippen LogP contribution < -0.4 is 10.0 Å². The summed E-state index contributed by atoms with van der Waals surface area (Å²) < 4.78 is 30.6. The molecule has 2 N–H and O–H groups in total. The van der Waals surface area contributed by atoms with Crippen LogP contribution >= 0.6 is 0 Å². The molecule has 0 radical (unpaired) electrons. The molecule has 0 saturated carbocycles. The summed E-state index contributed by atoms with van der Waals surface area (Å²) in [5.41, 5.74) is 2.46. The van der Waals surface area contributed by atoms with Crippen LogP contribution in [0.5, 0.6) is 0 Å². The van der Waals surface area contributed by atoms with Gasteiger partial charge in [0.1, 0.15) is 11.3 Å². The molecule has 1 aliphatic heterocycles. The van der Waals surface area contributed by atoms with E-state index >= 15 is 0 Å². The molecule has 3 aromatic rings. The minimum Gasteiger partial charge on any atom is -0.348 e. The van der Waals surface area contributed by atoms with Gasteiger partial charge in [-0.15, -0.1) is 0 Å². The number of aryl methyl sites for hydroxylation is 3. The lowest BCUT2D eigenvalue weighted by atomic mass is 10.1. The van der Waals surface area contributed by atoms with Crippen LogP contribution in [0.15, 0.2) is 35.2 Å². The average molecular weight is 470 g/mol. The highest BCUT2D eigenvalue weighted by Gasteiger charge is 2.25. The van der Waals surface area contributed by atoms with E-state index in [2.05, 4.69) is 19.6 Å². The maximum absolute atomic E-state index is 13.2. The van der Waals surface area contributed by atoms with Crippen molar-refractivity contribution in [3.63, 3.8) is 0 Å². The number of imidazole rings is 1. The van der Waals surface area contributed by atoms with E-state index in [9.17, 15) is 13.2 Å². The zero-order chi connectivity index (χ0) is 23.8. The molecule has 8 nitrogen and oxygen atoms in total. The van der Waals surface area contributed by atoms with E-state index in [1.807, 2.05) is 6.92 Å². The molecular weight excluding hydrogens is 438 g/mol. The van der Waals surface area contributed by atoms with Gasteiger partial charge in [0.05, 0.1) is 10.5 Å². The highest BCUT2D eigenvalue weighted by atomic mass is 32.2. The van der Waals surface area contributed by atoms with E-state index < -0.39 is 15.6 Å². The number of sulfonamides is 1. The molecule has 0 fully saturated rings.